The van der Waals surface area contributed by atoms with E-state index in [2.05, 4.69) is 4.98 Å². The van der Waals surface area contributed by atoms with Crippen molar-refractivity contribution in [2.45, 2.75) is 6.61 Å². The van der Waals surface area contributed by atoms with Gasteiger partial charge < -0.3 is 9.84 Å². The van der Waals surface area contributed by atoms with Crippen LogP contribution in [0.15, 0.2) is 36.7 Å². The molecule has 2 rings (SSSR count). The Kier molecular flexibility index (Phi) is 3.70. The first-order chi connectivity index (χ1) is 9.06. The number of aromatic carboxylic acids is 1. The van der Waals surface area contributed by atoms with E-state index < -0.39 is 17.6 Å². The Bertz CT molecular complexity index is 617. The number of pyridine rings is 1. The van der Waals surface area contributed by atoms with Crippen molar-refractivity contribution < 1.29 is 23.4 Å². The molecule has 0 fully saturated rings. The standard InChI is InChI=1S/C13H9F2NO3/c14-9-1-2-12(11(4-9)13(17)18)19-7-8-3-10(15)6-16-5-8/h1-6H,7H2,(H,17,18). The number of aromatic nitrogens is 1. The van der Waals surface area contributed by atoms with Crippen molar-refractivity contribution in [2.24, 2.45) is 0 Å². The SMILES string of the molecule is O=C(O)c1cc(F)ccc1OCc1cncc(F)c1. The minimum atomic E-state index is -1.30. The summed E-state index contributed by atoms with van der Waals surface area (Å²) in [6.45, 7) is -0.0589. The van der Waals surface area contributed by atoms with Crippen LogP contribution in [0.25, 0.3) is 0 Å². The predicted octanol–water partition coefficient (Wildman–Crippen LogP) is 2.64. The maximum atomic E-state index is 12.9. The fraction of sp³-hybridized carbons (Fsp3) is 0.0769. The molecule has 1 aromatic heterocycles. The largest absolute Gasteiger partial charge is 0.488 e. The zero-order chi connectivity index (χ0) is 13.8. The van der Waals surface area contributed by atoms with Gasteiger partial charge in [0.25, 0.3) is 0 Å². The van der Waals surface area contributed by atoms with Crippen molar-refractivity contribution >= 4 is 5.97 Å². The highest BCUT2D eigenvalue weighted by Gasteiger charge is 2.12. The average molecular weight is 265 g/mol. The van der Waals surface area contributed by atoms with E-state index in [0.717, 1.165) is 18.3 Å². The van der Waals surface area contributed by atoms with Gasteiger partial charge in [-0.3, -0.25) is 4.98 Å². The highest BCUT2D eigenvalue weighted by atomic mass is 19.1. The fourth-order valence-corrected chi connectivity index (χ4v) is 1.49. The normalized spacial score (nSPS) is 10.2. The molecule has 1 N–H and O–H groups in total. The van der Waals surface area contributed by atoms with Gasteiger partial charge in [-0.2, -0.15) is 0 Å². The molecule has 98 valence electrons. The van der Waals surface area contributed by atoms with Crippen molar-refractivity contribution in [3.05, 3.63) is 59.4 Å². The summed E-state index contributed by atoms with van der Waals surface area (Å²) < 4.78 is 31.1. The summed E-state index contributed by atoms with van der Waals surface area (Å²) in [5.74, 6) is -2.47. The zero-order valence-corrected chi connectivity index (χ0v) is 9.64. The topological polar surface area (TPSA) is 59.4 Å². The molecule has 19 heavy (non-hydrogen) atoms. The Hall–Kier alpha value is -2.50. The van der Waals surface area contributed by atoms with Gasteiger partial charge in [-0.1, -0.05) is 0 Å². The van der Waals surface area contributed by atoms with Gasteiger partial charge in [-0.25, -0.2) is 13.6 Å². The van der Waals surface area contributed by atoms with E-state index >= 15 is 0 Å². The Balaban J connectivity index is 2.17. The monoisotopic (exact) mass is 265 g/mol. The van der Waals surface area contributed by atoms with Crippen LogP contribution in [-0.4, -0.2) is 16.1 Å². The Morgan fingerprint density at radius 3 is 2.68 bits per heavy atom. The Labute approximate surface area is 107 Å². The second-order valence-electron chi connectivity index (χ2n) is 3.75. The maximum Gasteiger partial charge on any atom is 0.339 e. The summed E-state index contributed by atoms with van der Waals surface area (Å²) in [5, 5.41) is 8.91. The molecule has 0 spiro atoms. The maximum absolute atomic E-state index is 12.9. The number of benzene rings is 1. The first-order valence-corrected chi connectivity index (χ1v) is 5.31. The van der Waals surface area contributed by atoms with E-state index in [9.17, 15) is 13.6 Å². The van der Waals surface area contributed by atoms with Crippen LogP contribution in [0.4, 0.5) is 8.78 Å². The van der Waals surface area contributed by atoms with Gasteiger partial charge in [-0.15, -0.1) is 0 Å². The van der Waals surface area contributed by atoms with Crippen molar-refractivity contribution in [2.75, 3.05) is 0 Å². The quantitative estimate of drug-likeness (QED) is 0.923. The van der Waals surface area contributed by atoms with Gasteiger partial charge in [0.05, 0.1) is 6.20 Å². The first-order valence-electron chi connectivity index (χ1n) is 5.31. The Morgan fingerprint density at radius 2 is 2.00 bits per heavy atom. The van der Waals surface area contributed by atoms with Crippen LogP contribution >= 0.6 is 0 Å². The highest BCUT2D eigenvalue weighted by molar-refractivity contribution is 5.90. The molecule has 0 unspecified atom stereocenters. The van der Waals surface area contributed by atoms with E-state index in [4.69, 9.17) is 9.84 Å². The number of carboxylic acid groups (broad SMARTS) is 1. The van der Waals surface area contributed by atoms with Gasteiger partial charge in [0.15, 0.2) is 0 Å². The fourth-order valence-electron chi connectivity index (χ4n) is 1.49. The third kappa shape index (κ3) is 3.25. The van der Waals surface area contributed by atoms with E-state index in [1.54, 1.807) is 0 Å². The van der Waals surface area contributed by atoms with E-state index in [-0.39, 0.29) is 17.9 Å². The van der Waals surface area contributed by atoms with Crippen LogP contribution in [-0.2, 0) is 6.61 Å². The molecule has 0 aliphatic carbocycles. The Morgan fingerprint density at radius 1 is 1.21 bits per heavy atom. The van der Waals surface area contributed by atoms with Crippen molar-refractivity contribution in [3.8, 4) is 5.75 Å². The predicted molar refractivity (Wildman–Crippen MR) is 61.9 cm³/mol. The average Bonchev–Trinajstić information content (AvgIpc) is 2.37. The van der Waals surface area contributed by atoms with Crippen molar-refractivity contribution in [1.82, 2.24) is 4.98 Å². The molecule has 0 aliphatic heterocycles. The number of hydrogen-bond acceptors (Lipinski definition) is 3. The summed E-state index contributed by atoms with van der Waals surface area (Å²) in [6, 6.07) is 4.38. The molecule has 2 aromatic rings. The number of carbonyl (C=O) groups is 1. The number of ether oxygens (including phenoxy) is 1. The summed E-state index contributed by atoms with van der Waals surface area (Å²) in [6.07, 6.45) is 2.44. The molecule has 0 bridgehead atoms. The van der Waals surface area contributed by atoms with Crippen molar-refractivity contribution in [3.63, 3.8) is 0 Å². The number of hydrogen-bond donors (Lipinski definition) is 1. The molecular formula is C13H9F2NO3. The van der Waals surface area contributed by atoms with Crippen LogP contribution in [0.3, 0.4) is 0 Å². The third-order valence-corrected chi connectivity index (χ3v) is 2.33. The van der Waals surface area contributed by atoms with Crippen molar-refractivity contribution in [1.29, 1.82) is 0 Å². The van der Waals surface area contributed by atoms with E-state index in [1.807, 2.05) is 0 Å². The number of nitrogens with zero attached hydrogens (tertiary/aromatic N) is 1. The molecule has 0 aliphatic rings. The van der Waals surface area contributed by atoms with Crippen LogP contribution in [0.2, 0.25) is 0 Å². The second-order valence-corrected chi connectivity index (χ2v) is 3.75. The van der Waals surface area contributed by atoms with Crippen LogP contribution in [0.1, 0.15) is 15.9 Å². The number of carboxylic acids is 1. The summed E-state index contributed by atoms with van der Waals surface area (Å²) in [4.78, 5) is 14.6. The number of rotatable bonds is 4. The lowest BCUT2D eigenvalue weighted by Gasteiger charge is -2.09. The van der Waals surface area contributed by atoms with Crippen LogP contribution < -0.4 is 4.74 Å². The van der Waals surface area contributed by atoms with Gasteiger partial charge in [-0.05, 0) is 24.3 Å². The van der Waals surface area contributed by atoms with E-state index in [0.29, 0.717) is 5.56 Å². The molecule has 0 atom stereocenters. The second kappa shape index (κ2) is 5.43. The lowest BCUT2D eigenvalue weighted by atomic mass is 10.2. The van der Waals surface area contributed by atoms with Gasteiger partial charge in [0.2, 0.25) is 0 Å². The number of halogens is 2. The zero-order valence-electron chi connectivity index (χ0n) is 9.64. The minimum Gasteiger partial charge on any atom is -0.488 e. The molecule has 0 radical (unpaired) electrons. The summed E-state index contributed by atoms with van der Waals surface area (Å²) >= 11 is 0. The highest BCUT2D eigenvalue weighted by Crippen LogP contribution is 2.21. The van der Waals surface area contributed by atoms with Gasteiger partial charge in [0.1, 0.15) is 29.6 Å². The summed E-state index contributed by atoms with van der Waals surface area (Å²) in [5.41, 5.74) is 0.157. The molecule has 4 nitrogen and oxygen atoms in total. The molecule has 0 saturated heterocycles. The molecule has 6 heteroatoms. The molecular weight excluding hydrogens is 256 g/mol. The molecule has 1 heterocycles. The van der Waals surface area contributed by atoms with Gasteiger partial charge in [0, 0.05) is 11.8 Å². The van der Waals surface area contributed by atoms with E-state index in [1.165, 1.54) is 18.3 Å². The smallest absolute Gasteiger partial charge is 0.339 e. The molecule has 0 amide bonds. The minimum absolute atomic E-state index is 0.0122. The summed E-state index contributed by atoms with van der Waals surface area (Å²) in [7, 11) is 0. The molecule has 0 saturated carbocycles. The third-order valence-electron chi connectivity index (χ3n) is 2.33. The van der Waals surface area contributed by atoms with Crippen LogP contribution in [0.5, 0.6) is 5.75 Å². The first kappa shape index (κ1) is 12.9. The van der Waals surface area contributed by atoms with Crippen LogP contribution in [0, 0.1) is 11.6 Å². The van der Waals surface area contributed by atoms with Gasteiger partial charge >= 0.3 is 5.97 Å². The lowest BCUT2D eigenvalue weighted by Crippen LogP contribution is -2.04. The lowest BCUT2D eigenvalue weighted by molar-refractivity contribution is 0.0691. The molecule has 1 aromatic carbocycles.